The van der Waals surface area contributed by atoms with E-state index in [0.29, 0.717) is 0 Å². The first kappa shape index (κ1) is 14.7. The molecule has 0 spiro atoms. The highest BCUT2D eigenvalue weighted by Gasteiger charge is 2.40. The van der Waals surface area contributed by atoms with Gasteiger partial charge in [0, 0.05) is 14.2 Å². The summed E-state index contributed by atoms with van der Waals surface area (Å²) in [6, 6.07) is 0. The van der Waals surface area contributed by atoms with Crippen LogP contribution in [0.3, 0.4) is 0 Å². The third kappa shape index (κ3) is 3.80. The van der Waals surface area contributed by atoms with Crippen LogP contribution < -0.4 is 0 Å². The van der Waals surface area contributed by atoms with Gasteiger partial charge < -0.3 is 14.6 Å². The number of hydrogen-bond acceptors (Lipinski definition) is 3. The Labute approximate surface area is 105 Å². The van der Waals surface area contributed by atoms with E-state index in [4.69, 9.17) is 9.47 Å². The lowest BCUT2D eigenvalue weighted by Crippen LogP contribution is -2.35. The van der Waals surface area contributed by atoms with Crippen LogP contribution in [0.2, 0.25) is 0 Å². The molecule has 1 aliphatic carbocycles. The molecule has 0 radical (unpaired) electrons. The molecule has 0 aromatic carbocycles. The fourth-order valence-electron chi connectivity index (χ4n) is 2.52. The van der Waals surface area contributed by atoms with Crippen molar-refractivity contribution < 1.29 is 14.6 Å². The van der Waals surface area contributed by atoms with E-state index in [1.807, 2.05) is 6.08 Å². The summed E-state index contributed by atoms with van der Waals surface area (Å²) in [5.41, 5.74) is -0.569. The van der Waals surface area contributed by atoms with E-state index in [1.54, 1.807) is 14.2 Å². The molecule has 0 aromatic heterocycles. The second-order valence-corrected chi connectivity index (χ2v) is 5.87. The standard InChI is InChI=1S/C14H26O3/c1-11(6-7-12(16-4)17-5)14(15)9-8-13(2,3)10-14/h8-9,11-12,15H,6-7,10H2,1-5H3. The molecule has 100 valence electrons. The molecule has 3 heteroatoms. The molecule has 0 saturated heterocycles. The van der Waals surface area contributed by atoms with Gasteiger partial charge in [0.1, 0.15) is 0 Å². The molecule has 0 aliphatic heterocycles. The van der Waals surface area contributed by atoms with Gasteiger partial charge >= 0.3 is 0 Å². The number of ether oxygens (including phenoxy) is 2. The zero-order valence-corrected chi connectivity index (χ0v) is 11.7. The van der Waals surface area contributed by atoms with Crippen molar-refractivity contribution in [3.05, 3.63) is 12.2 Å². The Hall–Kier alpha value is -0.380. The van der Waals surface area contributed by atoms with Crippen LogP contribution in [0.5, 0.6) is 0 Å². The first-order valence-electron chi connectivity index (χ1n) is 6.31. The summed E-state index contributed by atoms with van der Waals surface area (Å²) in [7, 11) is 3.29. The number of methoxy groups -OCH3 is 2. The number of allylic oxidation sites excluding steroid dienone is 1. The van der Waals surface area contributed by atoms with Crippen LogP contribution in [-0.2, 0) is 9.47 Å². The molecular weight excluding hydrogens is 216 g/mol. The molecule has 0 saturated carbocycles. The van der Waals surface area contributed by atoms with Crippen LogP contribution in [-0.4, -0.2) is 31.2 Å². The number of aliphatic hydroxyl groups is 1. The third-order valence-corrected chi connectivity index (χ3v) is 3.78. The average molecular weight is 242 g/mol. The summed E-state index contributed by atoms with van der Waals surface area (Å²) in [5, 5.41) is 10.6. The van der Waals surface area contributed by atoms with Crippen LogP contribution >= 0.6 is 0 Å². The van der Waals surface area contributed by atoms with Gasteiger partial charge in [-0.25, -0.2) is 0 Å². The van der Waals surface area contributed by atoms with E-state index in [0.717, 1.165) is 19.3 Å². The van der Waals surface area contributed by atoms with Crippen LogP contribution in [0.4, 0.5) is 0 Å². The Morgan fingerprint density at radius 3 is 2.18 bits per heavy atom. The van der Waals surface area contributed by atoms with Crippen molar-refractivity contribution in [1.29, 1.82) is 0 Å². The number of hydrogen-bond donors (Lipinski definition) is 1. The molecule has 1 aliphatic rings. The fraction of sp³-hybridized carbons (Fsp3) is 0.857. The summed E-state index contributed by atoms with van der Waals surface area (Å²) in [4.78, 5) is 0. The lowest BCUT2D eigenvalue weighted by molar-refractivity contribution is -0.112. The Bertz CT molecular complexity index is 269. The Morgan fingerprint density at radius 2 is 1.76 bits per heavy atom. The van der Waals surface area contributed by atoms with Gasteiger partial charge in [-0.15, -0.1) is 0 Å². The van der Waals surface area contributed by atoms with Crippen molar-refractivity contribution in [1.82, 2.24) is 0 Å². The fourth-order valence-corrected chi connectivity index (χ4v) is 2.52. The molecular formula is C14H26O3. The summed E-state index contributed by atoms with van der Waals surface area (Å²) in [6.45, 7) is 6.40. The summed E-state index contributed by atoms with van der Waals surface area (Å²) < 4.78 is 10.3. The number of rotatable bonds is 6. The Balaban J connectivity index is 2.48. The zero-order chi connectivity index (χ0) is 13.1. The molecule has 2 atom stereocenters. The zero-order valence-electron chi connectivity index (χ0n) is 11.7. The van der Waals surface area contributed by atoms with Crippen LogP contribution in [0.15, 0.2) is 12.2 Å². The van der Waals surface area contributed by atoms with E-state index < -0.39 is 5.60 Å². The molecule has 0 amide bonds. The summed E-state index contributed by atoms with van der Waals surface area (Å²) in [6.07, 6.45) is 6.42. The van der Waals surface area contributed by atoms with Crippen LogP contribution in [0.1, 0.15) is 40.0 Å². The highest BCUT2D eigenvalue weighted by atomic mass is 16.7. The maximum Gasteiger partial charge on any atom is 0.156 e. The van der Waals surface area contributed by atoms with Crippen molar-refractivity contribution >= 4 is 0 Å². The lowest BCUT2D eigenvalue weighted by Gasteiger charge is -2.32. The molecule has 1 N–H and O–H groups in total. The highest BCUT2D eigenvalue weighted by Crippen LogP contribution is 2.42. The van der Waals surface area contributed by atoms with Gasteiger partial charge in [0.2, 0.25) is 0 Å². The first-order chi connectivity index (χ1) is 7.83. The summed E-state index contributed by atoms with van der Waals surface area (Å²) >= 11 is 0. The molecule has 17 heavy (non-hydrogen) atoms. The maximum absolute atomic E-state index is 10.6. The lowest BCUT2D eigenvalue weighted by atomic mass is 9.80. The van der Waals surface area contributed by atoms with Gasteiger partial charge in [-0.2, -0.15) is 0 Å². The van der Waals surface area contributed by atoms with E-state index in [2.05, 4.69) is 26.8 Å². The van der Waals surface area contributed by atoms with Gasteiger partial charge in [-0.1, -0.05) is 32.9 Å². The van der Waals surface area contributed by atoms with Gasteiger partial charge in [0.05, 0.1) is 5.60 Å². The van der Waals surface area contributed by atoms with Gasteiger partial charge in [-0.3, -0.25) is 0 Å². The van der Waals surface area contributed by atoms with Gasteiger partial charge in [-0.05, 0) is 30.6 Å². The van der Waals surface area contributed by atoms with Crippen molar-refractivity contribution in [2.75, 3.05) is 14.2 Å². The highest BCUT2D eigenvalue weighted by molar-refractivity contribution is 5.17. The topological polar surface area (TPSA) is 38.7 Å². The van der Waals surface area contributed by atoms with Gasteiger partial charge in [0.25, 0.3) is 0 Å². The maximum atomic E-state index is 10.6. The van der Waals surface area contributed by atoms with Crippen LogP contribution in [0.25, 0.3) is 0 Å². The first-order valence-corrected chi connectivity index (χ1v) is 6.31. The molecule has 0 fully saturated rings. The van der Waals surface area contributed by atoms with Crippen molar-refractivity contribution in [2.45, 2.75) is 51.9 Å². The van der Waals surface area contributed by atoms with Gasteiger partial charge in [0.15, 0.2) is 6.29 Å². The van der Waals surface area contributed by atoms with Crippen molar-refractivity contribution in [3.8, 4) is 0 Å². The normalized spacial score (nSPS) is 28.9. The molecule has 0 aromatic rings. The van der Waals surface area contributed by atoms with Crippen molar-refractivity contribution in [2.24, 2.45) is 11.3 Å². The Morgan fingerprint density at radius 1 is 1.18 bits per heavy atom. The second-order valence-electron chi connectivity index (χ2n) is 5.87. The minimum Gasteiger partial charge on any atom is -0.385 e. The predicted molar refractivity (Wildman–Crippen MR) is 68.7 cm³/mol. The average Bonchev–Trinajstić information content (AvgIpc) is 2.55. The van der Waals surface area contributed by atoms with E-state index in [9.17, 15) is 5.11 Å². The minimum absolute atomic E-state index is 0.102. The van der Waals surface area contributed by atoms with E-state index in [-0.39, 0.29) is 17.6 Å². The third-order valence-electron chi connectivity index (χ3n) is 3.78. The smallest absolute Gasteiger partial charge is 0.156 e. The molecule has 1 rings (SSSR count). The molecule has 0 heterocycles. The summed E-state index contributed by atoms with van der Waals surface area (Å²) in [5.74, 6) is 0.216. The predicted octanol–water partition coefficient (Wildman–Crippen LogP) is 2.74. The quantitative estimate of drug-likeness (QED) is 0.575. The minimum atomic E-state index is -0.671. The largest absolute Gasteiger partial charge is 0.385 e. The second kappa shape index (κ2) is 5.51. The monoisotopic (exact) mass is 242 g/mol. The van der Waals surface area contributed by atoms with E-state index in [1.165, 1.54) is 0 Å². The van der Waals surface area contributed by atoms with Crippen LogP contribution in [0, 0.1) is 11.3 Å². The molecule has 3 nitrogen and oxygen atoms in total. The molecule has 0 bridgehead atoms. The van der Waals surface area contributed by atoms with E-state index >= 15 is 0 Å². The van der Waals surface area contributed by atoms with Crippen molar-refractivity contribution in [3.63, 3.8) is 0 Å². The molecule has 2 unspecified atom stereocenters. The Kier molecular flexibility index (Phi) is 4.76. The SMILES string of the molecule is COC(CCC(C)C1(O)C=CC(C)(C)C1)OC.